The molecule has 12 rings (SSSR count). The van der Waals surface area contributed by atoms with Gasteiger partial charge in [0.25, 0.3) is 0 Å². The molecule has 9 aromatic carbocycles. The Morgan fingerprint density at radius 2 is 1.10 bits per heavy atom. The third-order valence-corrected chi connectivity index (χ3v) is 12.5. The second-order valence-corrected chi connectivity index (χ2v) is 15.8. The van der Waals surface area contributed by atoms with Gasteiger partial charge in [0, 0.05) is 48.2 Å². The summed E-state index contributed by atoms with van der Waals surface area (Å²) in [6, 6.07) is 68.9. The first-order chi connectivity index (χ1) is 28.7. The van der Waals surface area contributed by atoms with E-state index in [1.54, 1.807) is 0 Å². The first-order valence-electron chi connectivity index (χ1n) is 19.4. The van der Waals surface area contributed by atoms with Crippen molar-refractivity contribution in [1.82, 2.24) is 4.98 Å². The van der Waals surface area contributed by atoms with E-state index in [0.29, 0.717) is 5.89 Å². The summed E-state index contributed by atoms with van der Waals surface area (Å²) in [6.07, 6.45) is 0. The summed E-state index contributed by atoms with van der Waals surface area (Å²) in [5.74, 6) is 0.604. The van der Waals surface area contributed by atoms with Crippen molar-refractivity contribution in [2.24, 2.45) is 0 Å². The van der Waals surface area contributed by atoms with E-state index in [2.05, 4.69) is 157 Å². The van der Waals surface area contributed by atoms with Crippen LogP contribution in [-0.4, -0.2) is 4.98 Å². The lowest BCUT2D eigenvalue weighted by molar-refractivity contribution is 0.622. The van der Waals surface area contributed by atoms with E-state index >= 15 is 0 Å². The summed E-state index contributed by atoms with van der Waals surface area (Å²) in [6.45, 7) is 0. The van der Waals surface area contributed by atoms with Crippen LogP contribution < -0.4 is 4.90 Å². The van der Waals surface area contributed by atoms with Crippen LogP contribution in [0.5, 0.6) is 0 Å². The van der Waals surface area contributed by atoms with Crippen LogP contribution in [0, 0.1) is 0 Å². The van der Waals surface area contributed by atoms with Gasteiger partial charge in [-0.05, 0) is 118 Å². The summed E-state index contributed by atoms with van der Waals surface area (Å²) in [5.41, 5.74) is 12.0. The maximum Gasteiger partial charge on any atom is 0.227 e. The number of thiophene rings is 1. The van der Waals surface area contributed by atoms with Crippen LogP contribution in [0.3, 0.4) is 0 Å². The molecule has 3 aromatic heterocycles. The minimum Gasteiger partial charge on any atom is -0.456 e. The normalized spacial score (nSPS) is 11.8. The van der Waals surface area contributed by atoms with Crippen LogP contribution in [0.15, 0.2) is 203 Å². The number of anilines is 3. The van der Waals surface area contributed by atoms with E-state index < -0.39 is 0 Å². The van der Waals surface area contributed by atoms with E-state index in [1.807, 2.05) is 53.8 Å². The average molecular weight is 761 g/mol. The molecule has 0 bridgehead atoms. The van der Waals surface area contributed by atoms with E-state index in [1.165, 1.54) is 42.1 Å². The number of benzene rings is 9. The van der Waals surface area contributed by atoms with Crippen molar-refractivity contribution in [2.75, 3.05) is 4.90 Å². The summed E-state index contributed by atoms with van der Waals surface area (Å²) < 4.78 is 15.4. The first-order valence-corrected chi connectivity index (χ1v) is 20.2. The molecular formula is C53H32N2O2S. The zero-order valence-electron chi connectivity index (χ0n) is 31.1. The topological polar surface area (TPSA) is 42.4 Å². The van der Waals surface area contributed by atoms with E-state index in [-0.39, 0.29) is 0 Å². The van der Waals surface area contributed by atoms with Gasteiger partial charge < -0.3 is 13.7 Å². The fourth-order valence-electron chi connectivity index (χ4n) is 8.50. The highest BCUT2D eigenvalue weighted by atomic mass is 32.1. The molecular weight excluding hydrogens is 729 g/mol. The van der Waals surface area contributed by atoms with Crippen molar-refractivity contribution < 1.29 is 8.83 Å². The highest BCUT2D eigenvalue weighted by Gasteiger charge is 2.19. The van der Waals surface area contributed by atoms with Crippen LogP contribution in [-0.2, 0) is 0 Å². The maximum absolute atomic E-state index is 6.44. The zero-order chi connectivity index (χ0) is 38.2. The largest absolute Gasteiger partial charge is 0.456 e. The Morgan fingerprint density at radius 1 is 0.414 bits per heavy atom. The Morgan fingerprint density at radius 3 is 1.95 bits per heavy atom. The Kier molecular flexibility index (Phi) is 7.37. The fourth-order valence-corrected chi connectivity index (χ4v) is 9.59. The van der Waals surface area contributed by atoms with E-state index in [4.69, 9.17) is 13.8 Å². The lowest BCUT2D eigenvalue weighted by Gasteiger charge is -2.26. The second kappa shape index (κ2) is 13.1. The van der Waals surface area contributed by atoms with Crippen LogP contribution in [0.1, 0.15) is 0 Å². The predicted octanol–water partition coefficient (Wildman–Crippen LogP) is 15.7. The van der Waals surface area contributed by atoms with Gasteiger partial charge in [-0.15, -0.1) is 11.3 Å². The lowest BCUT2D eigenvalue weighted by atomic mass is 9.98. The number of nitrogens with zero attached hydrogens (tertiary/aromatic N) is 2. The molecule has 0 aliphatic rings. The average Bonchev–Trinajstić information content (AvgIpc) is 4.00. The number of aromatic nitrogens is 1. The molecule has 0 saturated heterocycles. The van der Waals surface area contributed by atoms with Crippen LogP contribution in [0.2, 0.25) is 0 Å². The minimum absolute atomic E-state index is 0.604. The molecule has 0 spiro atoms. The highest BCUT2D eigenvalue weighted by molar-refractivity contribution is 7.25. The fraction of sp³-hybridized carbons (Fsp3) is 0. The highest BCUT2D eigenvalue weighted by Crippen LogP contribution is 2.43. The van der Waals surface area contributed by atoms with Gasteiger partial charge in [-0.2, -0.15) is 0 Å². The Bertz CT molecular complexity index is 3500. The molecule has 3 heterocycles. The van der Waals surface area contributed by atoms with Crippen LogP contribution >= 0.6 is 11.3 Å². The monoisotopic (exact) mass is 760 g/mol. The van der Waals surface area contributed by atoms with Crippen molar-refractivity contribution in [2.45, 2.75) is 0 Å². The quantitative estimate of drug-likeness (QED) is 0.169. The second-order valence-electron chi connectivity index (χ2n) is 14.7. The van der Waals surface area contributed by atoms with Gasteiger partial charge in [0.2, 0.25) is 5.89 Å². The molecule has 0 unspecified atom stereocenters. The standard InChI is InChI=1S/C53H32N2O2S/c1-2-10-36(11-3-1)53-54-46-28-29-47-51(52(46)57-53)44-27-21-37(31-48(44)56-47)33-17-22-38(23-18-33)55(40-26-30-50-45(32-40)43-14-6-7-16-49(43)58-50)39-24-19-35(20-25-39)42-15-8-12-34-9-4-5-13-41(34)42/h1-32H. The molecule has 0 aliphatic carbocycles. The number of fused-ring (bicyclic) bond motifs is 9. The van der Waals surface area contributed by atoms with E-state index in [9.17, 15) is 0 Å². The van der Waals surface area contributed by atoms with Crippen molar-refractivity contribution >= 4 is 92.4 Å². The molecule has 0 aliphatic heterocycles. The lowest BCUT2D eigenvalue weighted by Crippen LogP contribution is -2.09. The molecule has 0 amide bonds. The summed E-state index contributed by atoms with van der Waals surface area (Å²) in [4.78, 5) is 7.15. The number of hydrogen-bond donors (Lipinski definition) is 0. The molecule has 0 radical (unpaired) electrons. The molecule has 0 N–H and O–H groups in total. The molecule has 58 heavy (non-hydrogen) atoms. The minimum atomic E-state index is 0.604. The van der Waals surface area contributed by atoms with Gasteiger partial charge in [-0.3, -0.25) is 0 Å². The summed E-state index contributed by atoms with van der Waals surface area (Å²) in [7, 11) is 0. The molecule has 5 heteroatoms. The molecule has 0 fully saturated rings. The number of furan rings is 1. The number of hydrogen-bond acceptors (Lipinski definition) is 5. The predicted molar refractivity (Wildman–Crippen MR) is 243 cm³/mol. The number of oxazole rings is 1. The SMILES string of the molecule is c1ccc(-c2nc3ccc4oc5cc(-c6ccc(N(c7ccc(-c8cccc9ccccc89)cc7)c7ccc8sc9ccccc9c8c7)cc6)ccc5c4c3o2)cc1. The van der Waals surface area contributed by atoms with Crippen LogP contribution in [0.4, 0.5) is 17.1 Å². The molecule has 0 atom stereocenters. The van der Waals surface area contributed by atoms with E-state index in [0.717, 1.165) is 66.8 Å². The Hall–Kier alpha value is -7.47. The maximum atomic E-state index is 6.44. The molecule has 4 nitrogen and oxygen atoms in total. The van der Waals surface area contributed by atoms with Gasteiger partial charge in [0.15, 0.2) is 5.58 Å². The third-order valence-electron chi connectivity index (χ3n) is 11.3. The molecule has 272 valence electrons. The Labute approximate surface area is 337 Å². The van der Waals surface area contributed by atoms with Gasteiger partial charge in [0.1, 0.15) is 16.7 Å². The third kappa shape index (κ3) is 5.32. The van der Waals surface area contributed by atoms with Gasteiger partial charge in [0.05, 0.1) is 5.39 Å². The zero-order valence-corrected chi connectivity index (χ0v) is 31.9. The van der Waals surface area contributed by atoms with Crippen molar-refractivity contribution in [3.05, 3.63) is 194 Å². The van der Waals surface area contributed by atoms with Crippen molar-refractivity contribution in [1.29, 1.82) is 0 Å². The first kappa shape index (κ1) is 32.7. The van der Waals surface area contributed by atoms with Gasteiger partial charge in [-0.25, -0.2) is 4.98 Å². The van der Waals surface area contributed by atoms with Crippen molar-refractivity contribution in [3.63, 3.8) is 0 Å². The molecule has 12 aromatic rings. The van der Waals surface area contributed by atoms with Gasteiger partial charge in [-0.1, -0.05) is 109 Å². The smallest absolute Gasteiger partial charge is 0.227 e. The summed E-state index contributed by atoms with van der Waals surface area (Å²) in [5, 5.41) is 7.00. The number of rotatable bonds is 6. The Balaban J connectivity index is 0.936. The van der Waals surface area contributed by atoms with Crippen LogP contribution in [0.25, 0.3) is 97.7 Å². The summed E-state index contributed by atoms with van der Waals surface area (Å²) >= 11 is 1.84. The van der Waals surface area contributed by atoms with Crippen molar-refractivity contribution in [3.8, 4) is 33.7 Å². The molecule has 0 saturated carbocycles. The van der Waals surface area contributed by atoms with Gasteiger partial charge >= 0.3 is 0 Å².